The van der Waals surface area contributed by atoms with Crippen molar-refractivity contribution in [3.8, 4) is 11.4 Å². The minimum Gasteiger partial charge on any atom is -0.354 e. The van der Waals surface area contributed by atoms with Crippen LogP contribution in [0.2, 0.25) is 0 Å². The molecule has 4 aromatic rings. The Morgan fingerprint density at radius 3 is 2.68 bits per heavy atom. The Morgan fingerprint density at radius 2 is 1.79 bits per heavy atom. The SMILES string of the molecule is Fc1cccc(C2CCCN2c2ccc3ncc(-c4cccc(N5CCCC(F)C5)n4)n3n2)c1. The molecule has 2 unspecified atom stereocenters. The van der Waals surface area contributed by atoms with Gasteiger partial charge in [0.2, 0.25) is 0 Å². The summed E-state index contributed by atoms with van der Waals surface area (Å²) in [5.41, 5.74) is 3.23. The van der Waals surface area contributed by atoms with Crippen LogP contribution in [0.15, 0.2) is 60.8 Å². The van der Waals surface area contributed by atoms with E-state index in [0.717, 1.165) is 66.6 Å². The monoisotopic (exact) mass is 460 g/mol. The molecule has 2 atom stereocenters. The fraction of sp³-hybridized carbons (Fsp3) is 0.346. The molecule has 2 fully saturated rings. The molecule has 0 amide bonds. The first-order valence-electron chi connectivity index (χ1n) is 11.9. The van der Waals surface area contributed by atoms with Gasteiger partial charge < -0.3 is 9.80 Å². The molecular formula is C26H26F2N6. The van der Waals surface area contributed by atoms with Gasteiger partial charge in [0.1, 0.15) is 29.3 Å². The van der Waals surface area contributed by atoms with Crippen molar-refractivity contribution in [2.45, 2.75) is 37.9 Å². The fourth-order valence-electron chi connectivity index (χ4n) is 5.17. The van der Waals surface area contributed by atoms with E-state index in [9.17, 15) is 8.78 Å². The van der Waals surface area contributed by atoms with E-state index in [1.54, 1.807) is 18.3 Å². The largest absolute Gasteiger partial charge is 0.354 e. The molecule has 0 bridgehead atoms. The second kappa shape index (κ2) is 8.66. The molecule has 0 radical (unpaired) electrons. The van der Waals surface area contributed by atoms with Crippen molar-refractivity contribution in [2.24, 2.45) is 0 Å². The highest BCUT2D eigenvalue weighted by molar-refractivity contribution is 5.62. The molecule has 174 valence electrons. The van der Waals surface area contributed by atoms with E-state index in [1.165, 1.54) is 6.07 Å². The number of piperidine rings is 1. The summed E-state index contributed by atoms with van der Waals surface area (Å²) in [4.78, 5) is 13.6. The summed E-state index contributed by atoms with van der Waals surface area (Å²) in [5, 5.41) is 4.92. The van der Waals surface area contributed by atoms with Crippen LogP contribution in [0.5, 0.6) is 0 Å². The van der Waals surface area contributed by atoms with Crippen LogP contribution >= 0.6 is 0 Å². The standard InChI is InChI=1S/C26H26F2N6/c27-19-6-1-5-18(15-19)22-9-4-14-33(22)26-12-11-24-29-16-23(34(24)31-26)21-8-2-10-25(30-21)32-13-3-7-20(28)17-32/h1-2,5-6,8,10-12,15-16,20,22H,3-4,7,9,13-14,17H2. The van der Waals surface area contributed by atoms with Crippen molar-refractivity contribution in [3.05, 3.63) is 72.2 Å². The van der Waals surface area contributed by atoms with Crippen LogP contribution in [0.4, 0.5) is 20.4 Å². The lowest BCUT2D eigenvalue weighted by molar-refractivity contribution is 0.286. The van der Waals surface area contributed by atoms with Gasteiger partial charge in [-0.3, -0.25) is 0 Å². The molecule has 6 nitrogen and oxygen atoms in total. The predicted octanol–water partition coefficient (Wildman–Crippen LogP) is 5.21. The number of hydrogen-bond acceptors (Lipinski definition) is 5. The van der Waals surface area contributed by atoms with E-state index in [4.69, 9.17) is 10.1 Å². The van der Waals surface area contributed by atoms with Crippen molar-refractivity contribution >= 4 is 17.3 Å². The minimum atomic E-state index is -0.814. The van der Waals surface area contributed by atoms with Gasteiger partial charge in [-0.15, -0.1) is 5.10 Å². The van der Waals surface area contributed by atoms with Crippen molar-refractivity contribution < 1.29 is 8.78 Å². The number of benzene rings is 1. The normalized spacial score (nSPS) is 20.9. The second-order valence-corrected chi connectivity index (χ2v) is 9.08. The smallest absolute Gasteiger partial charge is 0.154 e. The zero-order chi connectivity index (χ0) is 23.1. The van der Waals surface area contributed by atoms with Crippen LogP contribution in [0, 0.1) is 5.82 Å². The number of rotatable bonds is 4. The zero-order valence-electron chi connectivity index (χ0n) is 18.8. The van der Waals surface area contributed by atoms with Gasteiger partial charge in [0, 0.05) is 13.1 Å². The molecule has 8 heteroatoms. The third-order valence-electron chi connectivity index (χ3n) is 6.81. The van der Waals surface area contributed by atoms with Crippen LogP contribution in [0.1, 0.15) is 37.3 Å². The van der Waals surface area contributed by atoms with E-state index < -0.39 is 6.17 Å². The lowest BCUT2D eigenvalue weighted by atomic mass is 10.0. The van der Waals surface area contributed by atoms with E-state index in [0.29, 0.717) is 13.0 Å². The molecule has 0 N–H and O–H groups in total. The van der Waals surface area contributed by atoms with Gasteiger partial charge in [0.05, 0.1) is 24.5 Å². The van der Waals surface area contributed by atoms with Crippen molar-refractivity contribution in [2.75, 3.05) is 29.4 Å². The molecular weight excluding hydrogens is 434 g/mol. The first-order chi connectivity index (χ1) is 16.7. The van der Waals surface area contributed by atoms with Gasteiger partial charge in [0.15, 0.2) is 5.65 Å². The lowest BCUT2D eigenvalue weighted by Crippen LogP contribution is -2.36. The van der Waals surface area contributed by atoms with Crippen molar-refractivity contribution in [1.82, 2.24) is 19.6 Å². The Balaban J connectivity index is 1.35. The fourth-order valence-corrected chi connectivity index (χ4v) is 5.17. The van der Waals surface area contributed by atoms with Gasteiger partial charge in [0.25, 0.3) is 0 Å². The summed E-state index contributed by atoms with van der Waals surface area (Å²) < 4.78 is 29.6. The number of anilines is 2. The number of nitrogens with zero attached hydrogens (tertiary/aromatic N) is 6. The van der Waals surface area contributed by atoms with E-state index >= 15 is 0 Å². The Kier molecular flexibility index (Phi) is 5.36. The Labute approximate surface area is 196 Å². The van der Waals surface area contributed by atoms with Crippen LogP contribution in [-0.4, -0.2) is 45.4 Å². The predicted molar refractivity (Wildman–Crippen MR) is 128 cm³/mol. The third-order valence-corrected chi connectivity index (χ3v) is 6.81. The van der Waals surface area contributed by atoms with Gasteiger partial charge in [-0.1, -0.05) is 18.2 Å². The van der Waals surface area contributed by atoms with Crippen LogP contribution < -0.4 is 9.80 Å². The highest BCUT2D eigenvalue weighted by Crippen LogP contribution is 2.35. The van der Waals surface area contributed by atoms with Gasteiger partial charge >= 0.3 is 0 Å². The lowest BCUT2D eigenvalue weighted by Gasteiger charge is -2.30. The molecule has 0 spiro atoms. The minimum absolute atomic E-state index is 0.0850. The highest BCUT2D eigenvalue weighted by atomic mass is 19.1. The summed E-state index contributed by atoms with van der Waals surface area (Å²) in [6.45, 7) is 2.04. The Morgan fingerprint density at radius 1 is 0.912 bits per heavy atom. The number of alkyl halides is 1. The van der Waals surface area contributed by atoms with Crippen molar-refractivity contribution in [1.29, 1.82) is 0 Å². The Bertz CT molecular complexity index is 1320. The first kappa shape index (κ1) is 21.0. The average molecular weight is 461 g/mol. The van der Waals surface area contributed by atoms with Crippen LogP contribution in [0.3, 0.4) is 0 Å². The number of halogens is 2. The molecule has 1 aromatic carbocycles. The maximum atomic E-state index is 14.0. The molecule has 0 saturated carbocycles. The quantitative estimate of drug-likeness (QED) is 0.418. The van der Waals surface area contributed by atoms with Crippen molar-refractivity contribution in [3.63, 3.8) is 0 Å². The highest BCUT2D eigenvalue weighted by Gasteiger charge is 2.28. The molecule has 2 aliphatic rings. The van der Waals surface area contributed by atoms with Gasteiger partial charge in [-0.25, -0.2) is 23.3 Å². The molecule has 2 saturated heterocycles. The third kappa shape index (κ3) is 3.87. The average Bonchev–Trinajstić information content (AvgIpc) is 3.51. The second-order valence-electron chi connectivity index (χ2n) is 9.08. The summed E-state index contributed by atoms with van der Waals surface area (Å²) in [5.74, 6) is 1.38. The van der Waals surface area contributed by atoms with Crippen LogP contribution in [0.25, 0.3) is 17.0 Å². The van der Waals surface area contributed by atoms with Gasteiger partial charge in [-0.05, 0) is 67.6 Å². The summed E-state index contributed by atoms with van der Waals surface area (Å²) in [6.07, 6.45) is 4.38. The van der Waals surface area contributed by atoms with Gasteiger partial charge in [-0.2, -0.15) is 0 Å². The molecule has 5 heterocycles. The summed E-state index contributed by atoms with van der Waals surface area (Å²) in [6, 6.07) is 16.7. The van der Waals surface area contributed by atoms with E-state index in [1.807, 2.05) is 45.8 Å². The van der Waals surface area contributed by atoms with E-state index in [2.05, 4.69) is 9.88 Å². The number of fused-ring (bicyclic) bond motifs is 1. The first-order valence-corrected chi connectivity index (χ1v) is 11.9. The zero-order valence-corrected chi connectivity index (χ0v) is 18.8. The number of pyridine rings is 1. The number of imidazole rings is 1. The Hall–Kier alpha value is -3.55. The molecule has 2 aliphatic heterocycles. The van der Waals surface area contributed by atoms with E-state index in [-0.39, 0.29) is 11.9 Å². The number of aromatic nitrogens is 4. The summed E-state index contributed by atoms with van der Waals surface area (Å²) >= 11 is 0. The van der Waals surface area contributed by atoms with Crippen LogP contribution in [-0.2, 0) is 0 Å². The summed E-state index contributed by atoms with van der Waals surface area (Å²) in [7, 11) is 0. The molecule has 34 heavy (non-hydrogen) atoms. The molecule has 6 rings (SSSR count). The maximum absolute atomic E-state index is 14.0. The number of hydrogen-bond donors (Lipinski definition) is 0. The topological polar surface area (TPSA) is 49.6 Å². The molecule has 3 aromatic heterocycles. The molecule has 0 aliphatic carbocycles. The maximum Gasteiger partial charge on any atom is 0.154 e.